The van der Waals surface area contributed by atoms with Crippen molar-refractivity contribution in [3.63, 3.8) is 0 Å². The lowest BCUT2D eigenvalue weighted by Crippen LogP contribution is -1.98. The van der Waals surface area contributed by atoms with Gasteiger partial charge in [0.25, 0.3) is 0 Å². The summed E-state index contributed by atoms with van der Waals surface area (Å²) in [5.41, 5.74) is 1.52. The van der Waals surface area contributed by atoms with E-state index in [0.717, 1.165) is 0 Å². The Kier molecular flexibility index (Phi) is 2.18. The van der Waals surface area contributed by atoms with Crippen molar-refractivity contribution in [1.29, 1.82) is 0 Å². The Morgan fingerprint density at radius 3 is 2.38 bits per heavy atom. The van der Waals surface area contributed by atoms with E-state index in [4.69, 9.17) is 7.85 Å². The highest BCUT2D eigenvalue weighted by molar-refractivity contribution is 9.11. The molecule has 1 fully saturated rings. The summed E-state index contributed by atoms with van der Waals surface area (Å²) in [5.74, 6) is 0. The molecule has 0 saturated heterocycles. The van der Waals surface area contributed by atoms with Crippen LogP contribution in [0.2, 0.25) is 6.32 Å². The Balaban J connectivity index is 2.47. The second-order valence-corrected chi connectivity index (χ2v) is 3.02. The van der Waals surface area contributed by atoms with Crippen LogP contribution in [0.1, 0.15) is 19.3 Å². The number of hydrogen-bond donors (Lipinski definition) is 0. The molecule has 0 aliphatic heterocycles. The average molecular weight is 171 g/mol. The molecule has 0 nitrogen and oxygen atoms in total. The molecule has 1 rings (SSSR count). The van der Waals surface area contributed by atoms with E-state index in [0.29, 0.717) is 6.32 Å². The van der Waals surface area contributed by atoms with Crippen molar-refractivity contribution in [2.75, 3.05) is 0 Å². The zero-order valence-corrected chi connectivity index (χ0v) is 6.37. The second-order valence-electron chi connectivity index (χ2n) is 2.07. The molecule has 0 unspecified atom stereocenters. The van der Waals surface area contributed by atoms with Crippen molar-refractivity contribution in [1.82, 2.24) is 0 Å². The molecule has 1 aliphatic carbocycles. The molecule has 1 aliphatic rings. The fourth-order valence-electron chi connectivity index (χ4n) is 0.769. The first-order valence-electron chi connectivity index (χ1n) is 2.91. The van der Waals surface area contributed by atoms with E-state index in [1.807, 2.05) is 0 Å². The SMILES string of the molecule is [B]CC(Br)=C1CCC1. The van der Waals surface area contributed by atoms with Crippen molar-refractivity contribution < 1.29 is 0 Å². The van der Waals surface area contributed by atoms with E-state index < -0.39 is 0 Å². The third-order valence-electron chi connectivity index (χ3n) is 1.52. The van der Waals surface area contributed by atoms with Gasteiger partial charge in [0.05, 0.1) is 7.85 Å². The predicted molar refractivity (Wildman–Crippen MR) is 40.4 cm³/mol. The molecule has 1 saturated carbocycles. The minimum atomic E-state index is 0.676. The fraction of sp³-hybridized carbons (Fsp3) is 0.667. The van der Waals surface area contributed by atoms with Gasteiger partial charge in [-0.15, -0.1) is 0 Å². The van der Waals surface area contributed by atoms with Gasteiger partial charge < -0.3 is 0 Å². The van der Waals surface area contributed by atoms with Crippen molar-refractivity contribution in [2.24, 2.45) is 0 Å². The summed E-state index contributed by atoms with van der Waals surface area (Å²) in [6, 6.07) is 0. The third-order valence-corrected chi connectivity index (χ3v) is 2.40. The molecule has 0 spiro atoms. The van der Waals surface area contributed by atoms with Crippen LogP contribution in [0.5, 0.6) is 0 Å². The normalized spacial score (nSPS) is 17.9. The standard InChI is InChI=1S/C6H8BBr/c7-4-6(8)5-2-1-3-5/h1-4H2. The molecule has 0 aromatic carbocycles. The maximum Gasteiger partial charge on any atom is 0.0723 e. The number of halogens is 1. The van der Waals surface area contributed by atoms with Crippen LogP contribution >= 0.6 is 15.9 Å². The maximum atomic E-state index is 5.38. The molecular weight excluding hydrogens is 163 g/mol. The smallest absolute Gasteiger partial charge is 0.0608 e. The quantitative estimate of drug-likeness (QED) is 0.531. The molecule has 2 heteroatoms. The van der Waals surface area contributed by atoms with Gasteiger partial charge >= 0.3 is 0 Å². The Morgan fingerprint density at radius 1 is 1.62 bits per heavy atom. The lowest BCUT2D eigenvalue weighted by atomic mass is 9.89. The molecule has 42 valence electrons. The van der Waals surface area contributed by atoms with Crippen LogP contribution in [-0.4, -0.2) is 7.85 Å². The van der Waals surface area contributed by atoms with Gasteiger partial charge in [-0.1, -0.05) is 27.8 Å². The Morgan fingerprint density at radius 2 is 2.25 bits per heavy atom. The third kappa shape index (κ3) is 1.16. The van der Waals surface area contributed by atoms with Crippen LogP contribution in [0.3, 0.4) is 0 Å². The van der Waals surface area contributed by atoms with Crippen molar-refractivity contribution in [3.05, 3.63) is 10.1 Å². The molecule has 0 heterocycles. The summed E-state index contributed by atoms with van der Waals surface area (Å²) in [6.45, 7) is 0. The van der Waals surface area contributed by atoms with Gasteiger partial charge in [0, 0.05) is 0 Å². The first-order valence-corrected chi connectivity index (χ1v) is 3.70. The van der Waals surface area contributed by atoms with E-state index in [-0.39, 0.29) is 0 Å². The first kappa shape index (κ1) is 6.41. The van der Waals surface area contributed by atoms with Crippen LogP contribution in [0.25, 0.3) is 0 Å². The van der Waals surface area contributed by atoms with Crippen LogP contribution in [0.4, 0.5) is 0 Å². The zero-order chi connectivity index (χ0) is 5.98. The highest BCUT2D eigenvalue weighted by Crippen LogP contribution is 2.32. The Hall–Kier alpha value is 0.285. The molecule has 0 aromatic heterocycles. The summed E-state index contributed by atoms with van der Waals surface area (Å²) in [5, 5.41) is 0. The minimum Gasteiger partial charge on any atom is -0.0608 e. The van der Waals surface area contributed by atoms with Crippen LogP contribution in [-0.2, 0) is 0 Å². The predicted octanol–water partition coefficient (Wildman–Crippen LogP) is 2.41. The van der Waals surface area contributed by atoms with E-state index in [9.17, 15) is 0 Å². The van der Waals surface area contributed by atoms with Gasteiger partial charge in [-0.05, 0) is 23.7 Å². The highest BCUT2D eigenvalue weighted by Gasteiger charge is 2.10. The zero-order valence-electron chi connectivity index (χ0n) is 4.78. The Bertz CT molecular complexity index is 106. The minimum absolute atomic E-state index is 0.676. The van der Waals surface area contributed by atoms with Gasteiger partial charge in [0.2, 0.25) is 0 Å². The van der Waals surface area contributed by atoms with Gasteiger partial charge in [-0.2, -0.15) is 0 Å². The average Bonchev–Trinajstić information content (AvgIpc) is 1.62. The molecule has 2 radical (unpaired) electrons. The molecule has 0 atom stereocenters. The van der Waals surface area contributed by atoms with Gasteiger partial charge in [0.15, 0.2) is 0 Å². The molecule has 8 heavy (non-hydrogen) atoms. The van der Waals surface area contributed by atoms with Crippen molar-refractivity contribution in [2.45, 2.75) is 25.6 Å². The molecule has 0 aromatic rings. The summed E-state index contributed by atoms with van der Waals surface area (Å²) >= 11 is 3.41. The summed E-state index contributed by atoms with van der Waals surface area (Å²) in [6.07, 6.45) is 4.55. The summed E-state index contributed by atoms with van der Waals surface area (Å²) in [4.78, 5) is 0. The van der Waals surface area contributed by atoms with Crippen LogP contribution < -0.4 is 0 Å². The molecule has 0 bridgehead atoms. The first-order chi connectivity index (χ1) is 3.84. The largest absolute Gasteiger partial charge is 0.0723 e. The summed E-state index contributed by atoms with van der Waals surface area (Å²) in [7, 11) is 5.38. The highest BCUT2D eigenvalue weighted by atomic mass is 79.9. The molecule has 0 amide bonds. The van der Waals surface area contributed by atoms with Gasteiger partial charge in [-0.3, -0.25) is 0 Å². The molecule has 0 N–H and O–H groups in total. The van der Waals surface area contributed by atoms with Crippen molar-refractivity contribution in [3.8, 4) is 0 Å². The second kappa shape index (κ2) is 2.72. The van der Waals surface area contributed by atoms with Crippen molar-refractivity contribution >= 4 is 23.8 Å². The van der Waals surface area contributed by atoms with Crippen LogP contribution in [0, 0.1) is 0 Å². The van der Waals surface area contributed by atoms with E-state index >= 15 is 0 Å². The van der Waals surface area contributed by atoms with Gasteiger partial charge in [0.1, 0.15) is 0 Å². The lowest BCUT2D eigenvalue weighted by molar-refractivity contribution is 0.659. The lowest BCUT2D eigenvalue weighted by Gasteiger charge is -2.17. The number of rotatable bonds is 1. The van der Waals surface area contributed by atoms with E-state index in [2.05, 4.69) is 15.9 Å². The van der Waals surface area contributed by atoms with Gasteiger partial charge in [-0.25, -0.2) is 0 Å². The number of allylic oxidation sites excluding steroid dienone is 2. The van der Waals surface area contributed by atoms with Crippen LogP contribution in [0.15, 0.2) is 10.1 Å². The fourth-order valence-corrected chi connectivity index (χ4v) is 1.17. The summed E-state index contributed by atoms with van der Waals surface area (Å²) < 4.78 is 1.23. The monoisotopic (exact) mass is 170 g/mol. The van der Waals surface area contributed by atoms with E-state index in [1.165, 1.54) is 29.3 Å². The topological polar surface area (TPSA) is 0 Å². The molecular formula is C6H8BBr. The Labute approximate surface area is 59.9 Å². The van der Waals surface area contributed by atoms with E-state index in [1.54, 1.807) is 0 Å². The number of hydrogen-bond acceptors (Lipinski definition) is 0. The maximum absolute atomic E-state index is 5.38.